The standard InChI is InChI=1S/C17H17N5O2/c1-2-7-19-14(5-1)15-11-22(8-9-23-15)12-16-20-17(21-24-16)13-4-3-6-18-10-13/h1-7,10,15H,8-9,11-12H2. The lowest BCUT2D eigenvalue weighted by Gasteiger charge is -2.31. The van der Waals surface area contributed by atoms with Crippen LogP contribution in [-0.2, 0) is 11.3 Å². The second-order valence-electron chi connectivity index (χ2n) is 5.60. The molecule has 0 bridgehead atoms. The van der Waals surface area contributed by atoms with Gasteiger partial charge in [0.15, 0.2) is 0 Å². The van der Waals surface area contributed by atoms with Crippen LogP contribution in [0.3, 0.4) is 0 Å². The summed E-state index contributed by atoms with van der Waals surface area (Å²) in [4.78, 5) is 15.1. The average molecular weight is 323 g/mol. The van der Waals surface area contributed by atoms with Gasteiger partial charge in [0.2, 0.25) is 11.7 Å². The van der Waals surface area contributed by atoms with Gasteiger partial charge in [0.05, 0.1) is 18.8 Å². The van der Waals surface area contributed by atoms with Gasteiger partial charge in [0, 0.05) is 37.2 Å². The fourth-order valence-electron chi connectivity index (χ4n) is 2.71. The molecule has 1 fully saturated rings. The number of rotatable bonds is 4. The van der Waals surface area contributed by atoms with Crippen LogP contribution >= 0.6 is 0 Å². The molecule has 4 heterocycles. The maximum atomic E-state index is 5.83. The molecule has 122 valence electrons. The normalized spacial score (nSPS) is 18.6. The second kappa shape index (κ2) is 6.86. The van der Waals surface area contributed by atoms with Crippen molar-refractivity contribution in [2.45, 2.75) is 12.6 Å². The highest BCUT2D eigenvalue weighted by Gasteiger charge is 2.24. The molecule has 1 aliphatic rings. The van der Waals surface area contributed by atoms with Crippen LogP contribution in [0.1, 0.15) is 17.7 Å². The summed E-state index contributed by atoms with van der Waals surface area (Å²) >= 11 is 0. The van der Waals surface area contributed by atoms with Gasteiger partial charge in [-0.25, -0.2) is 0 Å². The summed E-state index contributed by atoms with van der Waals surface area (Å²) in [6.45, 7) is 2.83. The van der Waals surface area contributed by atoms with Gasteiger partial charge in [-0.3, -0.25) is 14.9 Å². The number of nitrogens with zero attached hydrogens (tertiary/aromatic N) is 5. The van der Waals surface area contributed by atoms with Crippen LogP contribution in [0.2, 0.25) is 0 Å². The van der Waals surface area contributed by atoms with Crippen molar-refractivity contribution in [2.75, 3.05) is 19.7 Å². The maximum Gasteiger partial charge on any atom is 0.241 e. The first kappa shape index (κ1) is 14.9. The summed E-state index contributed by atoms with van der Waals surface area (Å²) in [5, 5.41) is 4.03. The molecule has 1 atom stereocenters. The van der Waals surface area contributed by atoms with Crippen LogP contribution in [0.5, 0.6) is 0 Å². The molecule has 3 aromatic rings. The molecule has 7 nitrogen and oxygen atoms in total. The van der Waals surface area contributed by atoms with Gasteiger partial charge in [-0.1, -0.05) is 11.2 Å². The van der Waals surface area contributed by atoms with E-state index in [1.165, 1.54) is 0 Å². The molecule has 0 amide bonds. The first-order valence-corrected chi connectivity index (χ1v) is 7.86. The predicted octanol–water partition coefficient (Wildman–Crippen LogP) is 2.10. The zero-order valence-electron chi connectivity index (χ0n) is 13.1. The van der Waals surface area contributed by atoms with E-state index in [1.54, 1.807) is 18.6 Å². The number of pyridine rings is 2. The number of hydrogen-bond acceptors (Lipinski definition) is 7. The van der Waals surface area contributed by atoms with E-state index in [9.17, 15) is 0 Å². The Bertz CT molecular complexity index is 778. The Labute approximate surface area is 139 Å². The van der Waals surface area contributed by atoms with Crippen molar-refractivity contribution in [3.05, 3.63) is 60.5 Å². The van der Waals surface area contributed by atoms with Crippen molar-refractivity contribution in [1.82, 2.24) is 25.0 Å². The largest absolute Gasteiger partial charge is 0.369 e. The Morgan fingerprint density at radius 2 is 2.17 bits per heavy atom. The Morgan fingerprint density at radius 1 is 1.17 bits per heavy atom. The third kappa shape index (κ3) is 3.32. The molecule has 1 saturated heterocycles. The zero-order valence-corrected chi connectivity index (χ0v) is 13.1. The number of aromatic nitrogens is 4. The molecule has 0 aliphatic carbocycles. The van der Waals surface area contributed by atoms with Crippen LogP contribution < -0.4 is 0 Å². The summed E-state index contributed by atoms with van der Waals surface area (Å²) in [5.41, 5.74) is 1.80. The molecular weight excluding hydrogens is 306 g/mol. The zero-order chi connectivity index (χ0) is 16.2. The molecular formula is C17H17N5O2. The highest BCUT2D eigenvalue weighted by Crippen LogP contribution is 2.22. The Balaban J connectivity index is 1.43. The topological polar surface area (TPSA) is 77.2 Å². The Morgan fingerprint density at radius 3 is 3.00 bits per heavy atom. The first-order valence-electron chi connectivity index (χ1n) is 7.86. The quantitative estimate of drug-likeness (QED) is 0.727. The fraction of sp³-hybridized carbons (Fsp3) is 0.294. The smallest absolute Gasteiger partial charge is 0.241 e. The lowest BCUT2D eigenvalue weighted by molar-refractivity contribution is -0.0376. The molecule has 1 aliphatic heterocycles. The highest BCUT2D eigenvalue weighted by atomic mass is 16.5. The molecule has 3 aromatic heterocycles. The lowest BCUT2D eigenvalue weighted by Crippen LogP contribution is -2.38. The molecule has 0 saturated carbocycles. The third-order valence-electron chi connectivity index (χ3n) is 3.91. The van der Waals surface area contributed by atoms with Crippen molar-refractivity contribution in [3.63, 3.8) is 0 Å². The highest BCUT2D eigenvalue weighted by molar-refractivity contribution is 5.51. The van der Waals surface area contributed by atoms with E-state index >= 15 is 0 Å². The number of hydrogen-bond donors (Lipinski definition) is 0. The minimum Gasteiger partial charge on any atom is -0.369 e. The van der Waals surface area contributed by atoms with Crippen LogP contribution in [0.25, 0.3) is 11.4 Å². The number of ether oxygens (including phenoxy) is 1. The molecule has 0 radical (unpaired) electrons. The van der Waals surface area contributed by atoms with Gasteiger partial charge in [-0.05, 0) is 24.3 Å². The van der Waals surface area contributed by atoms with Crippen molar-refractivity contribution in [3.8, 4) is 11.4 Å². The average Bonchev–Trinajstić information content (AvgIpc) is 3.12. The van der Waals surface area contributed by atoms with E-state index < -0.39 is 0 Å². The van der Waals surface area contributed by atoms with E-state index in [0.29, 0.717) is 24.9 Å². The SMILES string of the molecule is c1ccc(C2CN(Cc3nc(-c4cccnc4)no3)CCO2)nc1. The van der Waals surface area contributed by atoms with Gasteiger partial charge in [-0.2, -0.15) is 4.98 Å². The van der Waals surface area contributed by atoms with Gasteiger partial charge in [0.25, 0.3) is 0 Å². The maximum absolute atomic E-state index is 5.83. The Hall–Kier alpha value is -2.64. The van der Waals surface area contributed by atoms with Crippen molar-refractivity contribution in [1.29, 1.82) is 0 Å². The Kier molecular flexibility index (Phi) is 4.26. The van der Waals surface area contributed by atoms with Gasteiger partial charge in [0.1, 0.15) is 6.10 Å². The summed E-state index contributed by atoms with van der Waals surface area (Å²) in [5.74, 6) is 1.16. The van der Waals surface area contributed by atoms with Gasteiger partial charge in [-0.15, -0.1) is 0 Å². The van der Waals surface area contributed by atoms with Gasteiger partial charge < -0.3 is 9.26 Å². The van der Waals surface area contributed by atoms with E-state index in [1.807, 2.05) is 30.3 Å². The molecule has 0 N–H and O–H groups in total. The summed E-state index contributed by atoms with van der Waals surface area (Å²) in [7, 11) is 0. The molecule has 4 rings (SSSR count). The molecule has 1 unspecified atom stereocenters. The number of morpholine rings is 1. The minimum atomic E-state index is -0.0272. The predicted molar refractivity (Wildman–Crippen MR) is 85.7 cm³/mol. The third-order valence-corrected chi connectivity index (χ3v) is 3.91. The monoisotopic (exact) mass is 323 g/mol. The van der Waals surface area contributed by atoms with Crippen LogP contribution in [-0.4, -0.2) is 44.7 Å². The van der Waals surface area contributed by atoms with E-state index in [0.717, 1.165) is 24.3 Å². The van der Waals surface area contributed by atoms with E-state index in [2.05, 4.69) is 25.0 Å². The molecule has 7 heteroatoms. The first-order chi connectivity index (χ1) is 11.9. The van der Waals surface area contributed by atoms with Crippen LogP contribution in [0.15, 0.2) is 53.4 Å². The fourth-order valence-corrected chi connectivity index (χ4v) is 2.71. The van der Waals surface area contributed by atoms with Crippen molar-refractivity contribution >= 4 is 0 Å². The lowest BCUT2D eigenvalue weighted by atomic mass is 10.2. The van der Waals surface area contributed by atoms with Crippen LogP contribution in [0.4, 0.5) is 0 Å². The van der Waals surface area contributed by atoms with Crippen molar-refractivity contribution < 1.29 is 9.26 Å². The summed E-state index contributed by atoms with van der Waals surface area (Å²) in [6, 6.07) is 9.63. The van der Waals surface area contributed by atoms with Crippen LogP contribution in [0, 0.1) is 0 Å². The molecule has 24 heavy (non-hydrogen) atoms. The molecule has 0 spiro atoms. The van der Waals surface area contributed by atoms with E-state index in [4.69, 9.17) is 9.26 Å². The molecule has 0 aromatic carbocycles. The summed E-state index contributed by atoms with van der Waals surface area (Å²) < 4.78 is 11.2. The minimum absolute atomic E-state index is 0.0272. The second-order valence-corrected chi connectivity index (χ2v) is 5.60. The van der Waals surface area contributed by atoms with Gasteiger partial charge >= 0.3 is 0 Å². The van der Waals surface area contributed by atoms with Crippen molar-refractivity contribution in [2.24, 2.45) is 0 Å². The summed E-state index contributed by atoms with van der Waals surface area (Å²) in [6.07, 6.45) is 5.20. The van der Waals surface area contributed by atoms with E-state index in [-0.39, 0.29) is 6.10 Å².